The summed E-state index contributed by atoms with van der Waals surface area (Å²) in [6.45, 7) is 2.62. The van der Waals surface area contributed by atoms with Crippen molar-refractivity contribution >= 4 is 27.8 Å². The first-order valence-electron chi connectivity index (χ1n) is 7.37. The number of halogens is 1. The van der Waals surface area contributed by atoms with Crippen LogP contribution < -0.4 is 4.74 Å². The topological polar surface area (TPSA) is 34.7 Å². The first-order valence-corrected chi connectivity index (χ1v) is 8.16. The fourth-order valence-corrected chi connectivity index (χ4v) is 2.39. The summed E-state index contributed by atoms with van der Waals surface area (Å²) < 4.78 is 12.3. The van der Waals surface area contributed by atoms with Crippen molar-refractivity contribution < 1.29 is 9.15 Å². The quantitative estimate of drug-likeness (QED) is 0.528. The Morgan fingerprint density at radius 3 is 2.43 bits per heavy atom. The Labute approximate surface area is 143 Å². The predicted octanol–water partition coefficient (Wildman–Crippen LogP) is 5.86. The average Bonchev–Trinajstić information content (AvgIpc) is 3.04. The monoisotopic (exact) mass is 369 g/mol. The van der Waals surface area contributed by atoms with E-state index in [1.54, 1.807) is 6.21 Å². The number of ether oxygens (including phenoxy) is 1. The molecule has 3 aromatic rings. The first-order chi connectivity index (χ1) is 11.2. The summed E-state index contributed by atoms with van der Waals surface area (Å²) in [5, 5.41) is 0. The van der Waals surface area contributed by atoms with E-state index < -0.39 is 0 Å². The van der Waals surface area contributed by atoms with E-state index in [0.29, 0.717) is 6.61 Å². The van der Waals surface area contributed by atoms with E-state index in [1.165, 1.54) is 0 Å². The molecule has 0 fully saturated rings. The SMILES string of the molecule is CCOc1ccc(N=Cc2ccc(-c3ccc(Br)cc3)o2)cc1. The molecule has 23 heavy (non-hydrogen) atoms. The molecule has 0 aliphatic rings. The molecule has 2 aromatic carbocycles. The molecule has 0 spiro atoms. The van der Waals surface area contributed by atoms with Gasteiger partial charge in [-0.1, -0.05) is 28.1 Å². The van der Waals surface area contributed by atoms with Gasteiger partial charge in [-0.15, -0.1) is 0 Å². The standard InChI is InChI=1S/C19H16BrNO2/c1-2-22-17-9-7-16(8-10-17)21-13-18-11-12-19(23-18)14-3-5-15(20)6-4-14/h3-13H,2H2,1H3. The summed E-state index contributed by atoms with van der Waals surface area (Å²) in [6, 6.07) is 19.5. The second kappa shape index (κ2) is 7.29. The lowest BCUT2D eigenvalue weighted by Crippen LogP contribution is -1.89. The van der Waals surface area contributed by atoms with Crippen LogP contribution in [0, 0.1) is 0 Å². The zero-order valence-electron chi connectivity index (χ0n) is 12.7. The summed E-state index contributed by atoms with van der Waals surface area (Å²) in [6.07, 6.45) is 1.72. The third-order valence-corrected chi connectivity index (χ3v) is 3.77. The molecule has 0 N–H and O–H groups in total. The van der Waals surface area contributed by atoms with Crippen molar-refractivity contribution in [2.75, 3.05) is 6.61 Å². The minimum Gasteiger partial charge on any atom is -0.494 e. The molecule has 0 aliphatic carbocycles. The lowest BCUT2D eigenvalue weighted by Gasteiger charge is -2.01. The van der Waals surface area contributed by atoms with Crippen molar-refractivity contribution in [2.24, 2.45) is 4.99 Å². The van der Waals surface area contributed by atoms with Crippen LogP contribution in [0.25, 0.3) is 11.3 Å². The molecule has 4 heteroatoms. The molecule has 0 atom stereocenters. The van der Waals surface area contributed by atoms with Crippen LogP contribution in [0.2, 0.25) is 0 Å². The zero-order chi connectivity index (χ0) is 16.1. The second-order valence-electron chi connectivity index (χ2n) is 4.89. The molecule has 1 heterocycles. The number of nitrogens with zero attached hydrogens (tertiary/aromatic N) is 1. The van der Waals surface area contributed by atoms with Crippen LogP contribution in [0.3, 0.4) is 0 Å². The summed E-state index contributed by atoms with van der Waals surface area (Å²) in [7, 11) is 0. The average molecular weight is 370 g/mol. The van der Waals surface area contributed by atoms with Gasteiger partial charge in [-0.25, -0.2) is 0 Å². The lowest BCUT2D eigenvalue weighted by atomic mass is 10.2. The maximum Gasteiger partial charge on any atom is 0.145 e. The molecule has 0 saturated carbocycles. The highest BCUT2D eigenvalue weighted by Gasteiger charge is 2.03. The van der Waals surface area contributed by atoms with E-state index in [0.717, 1.165) is 33.0 Å². The van der Waals surface area contributed by atoms with Crippen molar-refractivity contribution in [1.29, 1.82) is 0 Å². The fraction of sp³-hybridized carbons (Fsp3) is 0.105. The highest BCUT2D eigenvalue weighted by atomic mass is 79.9. The molecular formula is C19H16BrNO2. The Kier molecular flexibility index (Phi) is 4.93. The van der Waals surface area contributed by atoms with E-state index in [9.17, 15) is 0 Å². The Morgan fingerprint density at radius 2 is 1.74 bits per heavy atom. The maximum absolute atomic E-state index is 5.80. The Morgan fingerprint density at radius 1 is 1.00 bits per heavy atom. The molecule has 116 valence electrons. The minimum absolute atomic E-state index is 0.661. The van der Waals surface area contributed by atoms with Crippen molar-refractivity contribution in [3.8, 4) is 17.1 Å². The largest absolute Gasteiger partial charge is 0.494 e. The molecular weight excluding hydrogens is 354 g/mol. The van der Waals surface area contributed by atoms with Gasteiger partial charge >= 0.3 is 0 Å². The lowest BCUT2D eigenvalue weighted by molar-refractivity contribution is 0.340. The van der Waals surface area contributed by atoms with Gasteiger partial charge in [0.1, 0.15) is 17.3 Å². The zero-order valence-corrected chi connectivity index (χ0v) is 14.3. The van der Waals surface area contributed by atoms with Crippen LogP contribution in [0.4, 0.5) is 5.69 Å². The minimum atomic E-state index is 0.661. The van der Waals surface area contributed by atoms with Gasteiger partial charge in [0, 0.05) is 10.0 Å². The van der Waals surface area contributed by atoms with E-state index in [2.05, 4.69) is 20.9 Å². The molecule has 0 aliphatic heterocycles. The number of hydrogen-bond acceptors (Lipinski definition) is 3. The molecule has 0 bridgehead atoms. The summed E-state index contributed by atoms with van der Waals surface area (Å²) in [4.78, 5) is 4.42. The van der Waals surface area contributed by atoms with Crippen LogP contribution in [-0.4, -0.2) is 12.8 Å². The normalized spacial score (nSPS) is 11.0. The van der Waals surface area contributed by atoms with Gasteiger partial charge in [0.2, 0.25) is 0 Å². The van der Waals surface area contributed by atoms with Crippen LogP contribution in [-0.2, 0) is 0 Å². The number of benzene rings is 2. The second-order valence-corrected chi connectivity index (χ2v) is 5.81. The van der Waals surface area contributed by atoms with Crippen LogP contribution in [0.15, 0.2) is 74.5 Å². The molecule has 3 rings (SSSR count). The van der Waals surface area contributed by atoms with Gasteiger partial charge in [-0.2, -0.15) is 0 Å². The van der Waals surface area contributed by atoms with Gasteiger partial charge in [0.15, 0.2) is 0 Å². The third-order valence-electron chi connectivity index (χ3n) is 3.24. The number of hydrogen-bond donors (Lipinski definition) is 0. The Balaban J connectivity index is 1.72. The van der Waals surface area contributed by atoms with Gasteiger partial charge < -0.3 is 9.15 Å². The van der Waals surface area contributed by atoms with Crippen molar-refractivity contribution in [2.45, 2.75) is 6.92 Å². The molecule has 3 nitrogen and oxygen atoms in total. The molecule has 0 saturated heterocycles. The van der Waals surface area contributed by atoms with E-state index in [4.69, 9.17) is 9.15 Å². The molecule has 0 radical (unpaired) electrons. The van der Waals surface area contributed by atoms with Gasteiger partial charge in [-0.05, 0) is 55.5 Å². The van der Waals surface area contributed by atoms with Gasteiger partial charge in [0.05, 0.1) is 18.5 Å². The molecule has 1 aromatic heterocycles. The van der Waals surface area contributed by atoms with Crippen LogP contribution >= 0.6 is 15.9 Å². The summed E-state index contributed by atoms with van der Waals surface area (Å²) in [5.41, 5.74) is 1.89. The molecule has 0 amide bonds. The van der Waals surface area contributed by atoms with Crippen LogP contribution in [0.5, 0.6) is 5.75 Å². The van der Waals surface area contributed by atoms with E-state index in [-0.39, 0.29) is 0 Å². The Bertz CT molecular complexity index is 789. The van der Waals surface area contributed by atoms with Crippen LogP contribution in [0.1, 0.15) is 12.7 Å². The van der Waals surface area contributed by atoms with E-state index in [1.807, 2.05) is 67.6 Å². The third kappa shape index (κ3) is 4.11. The van der Waals surface area contributed by atoms with Crippen molar-refractivity contribution in [1.82, 2.24) is 0 Å². The molecule has 0 unspecified atom stereocenters. The number of aliphatic imine (C=N–C) groups is 1. The van der Waals surface area contributed by atoms with E-state index >= 15 is 0 Å². The van der Waals surface area contributed by atoms with Crippen molar-refractivity contribution in [3.05, 3.63) is 70.9 Å². The first kappa shape index (κ1) is 15.6. The maximum atomic E-state index is 5.80. The highest BCUT2D eigenvalue weighted by Crippen LogP contribution is 2.24. The Hall–Kier alpha value is -2.33. The van der Waals surface area contributed by atoms with Gasteiger partial charge in [0.25, 0.3) is 0 Å². The number of rotatable bonds is 5. The number of furan rings is 1. The smallest absolute Gasteiger partial charge is 0.145 e. The predicted molar refractivity (Wildman–Crippen MR) is 96.7 cm³/mol. The van der Waals surface area contributed by atoms with Crippen molar-refractivity contribution in [3.63, 3.8) is 0 Å². The van der Waals surface area contributed by atoms with Gasteiger partial charge in [-0.3, -0.25) is 4.99 Å². The summed E-state index contributed by atoms with van der Waals surface area (Å²) >= 11 is 3.43. The summed E-state index contributed by atoms with van der Waals surface area (Å²) in [5.74, 6) is 2.39. The fourth-order valence-electron chi connectivity index (χ4n) is 2.12. The highest BCUT2D eigenvalue weighted by molar-refractivity contribution is 9.10.